The van der Waals surface area contributed by atoms with Crippen LogP contribution in [0.1, 0.15) is 0 Å². The molecule has 0 spiro atoms. The van der Waals surface area contributed by atoms with Crippen molar-refractivity contribution < 1.29 is 0 Å². The summed E-state index contributed by atoms with van der Waals surface area (Å²) in [6, 6.07) is 10.3. The topological polar surface area (TPSA) is 63.2 Å². The summed E-state index contributed by atoms with van der Waals surface area (Å²) in [7, 11) is 1.65. The molecule has 0 bridgehead atoms. The summed E-state index contributed by atoms with van der Waals surface area (Å²) in [4.78, 5) is 0. The van der Waals surface area contributed by atoms with E-state index < -0.39 is 0 Å². The lowest BCUT2D eigenvalue weighted by Crippen LogP contribution is -2.11. The molecule has 1 rings (SSSR count). The van der Waals surface area contributed by atoms with Crippen molar-refractivity contribution in [2.45, 2.75) is 0 Å². The number of hydrazone groups is 1. The molecule has 0 aromatic heterocycles. The Morgan fingerprint density at radius 3 is 2.27 bits per heavy atom. The van der Waals surface area contributed by atoms with Crippen molar-refractivity contribution in [1.29, 1.82) is 10.5 Å². The molecule has 0 aliphatic heterocycles. The van der Waals surface area contributed by atoms with Crippen molar-refractivity contribution in [3.63, 3.8) is 0 Å². The molecule has 1 aromatic carbocycles. The minimum Gasteiger partial charge on any atom is -0.267 e. The van der Waals surface area contributed by atoms with Crippen molar-refractivity contribution >= 4 is 23.0 Å². The molecule has 0 saturated heterocycles. The van der Waals surface area contributed by atoms with Crippen LogP contribution in [0.25, 0.3) is 0 Å². The monoisotopic (exact) mass is 218 g/mol. The van der Waals surface area contributed by atoms with Crippen LogP contribution in [0.2, 0.25) is 5.02 Å². The molecular weight excluding hydrogens is 212 g/mol. The first kappa shape index (κ1) is 11.0. The van der Waals surface area contributed by atoms with Gasteiger partial charge in [-0.15, -0.1) is 0 Å². The van der Waals surface area contributed by atoms with E-state index in [4.69, 9.17) is 22.1 Å². The number of hydrogen-bond donors (Lipinski definition) is 0. The molecule has 0 amide bonds. The highest BCUT2D eigenvalue weighted by Gasteiger charge is 2.01. The molecule has 0 fully saturated rings. The first-order valence-corrected chi connectivity index (χ1v) is 4.43. The first-order valence-electron chi connectivity index (χ1n) is 4.05. The molecule has 0 radical (unpaired) electrons. The van der Waals surface area contributed by atoms with E-state index in [1.165, 1.54) is 5.01 Å². The van der Waals surface area contributed by atoms with E-state index in [2.05, 4.69) is 5.10 Å². The van der Waals surface area contributed by atoms with Gasteiger partial charge in [0.2, 0.25) is 5.71 Å². The van der Waals surface area contributed by atoms with Gasteiger partial charge in [-0.25, -0.2) is 0 Å². The zero-order valence-corrected chi connectivity index (χ0v) is 8.73. The second-order valence-electron chi connectivity index (χ2n) is 2.67. The van der Waals surface area contributed by atoms with Crippen LogP contribution in [0, 0.1) is 22.7 Å². The van der Waals surface area contributed by atoms with Gasteiger partial charge in [-0.3, -0.25) is 5.01 Å². The van der Waals surface area contributed by atoms with E-state index in [1.807, 2.05) is 0 Å². The summed E-state index contributed by atoms with van der Waals surface area (Å²) in [5.74, 6) is 0. The molecule has 0 atom stereocenters. The van der Waals surface area contributed by atoms with Gasteiger partial charge in [-0.1, -0.05) is 11.6 Å². The third-order valence-corrected chi connectivity index (χ3v) is 1.91. The summed E-state index contributed by atoms with van der Waals surface area (Å²) in [6.07, 6.45) is 0. The molecule has 74 valence electrons. The third kappa shape index (κ3) is 2.98. The maximum Gasteiger partial charge on any atom is 0.237 e. The highest BCUT2D eigenvalue weighted by Crippen LogP contribution is 2.16. The summed E-state index contributed by atoms with van der Waals surface area (Å²) in [6.45, 7) is 0. The number of halogens is 1. The summed E-state index contributed by atoms with van der Waals surface area (Å²) < 4.78 is 0. The molecule has 0 aliphatic rings. The Kier molecular flexibility index (Phi) is 3.68. The standard InChI is InChI=1S/C10H7ClN4/c1-15(14-9(6-12)7-13)10-4-2-8(11)3-5-10/h2-5H,1H3. The first-order chi connectivity index (χ1) is 7.17. The van der Waals surface area contributed by atoms with Gasteiger partial charge in [0.05, 0.1) is 5.69 Å². The van der Waals surface area contributed by atoms with Gasteiger partial charge in [-0.05, 0) is 24.3 Å². The molecular formula is C10H7ClN4. The Hall–Kier alpha value is -2.04. The average Bonchev–Trinajstić information content (AvgIpc) is 2.26. The van der Waals surface area contributed by atoms with Gasteiger partial charge in [-0.2, -0.15) is 15.6 Å². The highest BCUT2D eigenvalue weighted by molar-refractivity contribution is 6.30. The Morgan fingerprint density at radius 2 is 1.80 bits per heavy atom. The fourth-order valence-electron chi connectivity index (χ4n) is 0.934. The van der Waals surface area contributed by atoms with Crippen LogP contribution in [0.4, 0.5) is 5.69 Å². The minimum atomic E-state index is -0.188. The Balaban J connectivity index is 2.92. The molecule has 1 aromatic rings. The van der Waals surface area contributed by atoms with Crippen LogP contribution < -0.4 is 5.01 Å². The van der Waals surface area contributed by atoms with E-state index in [9.17, 15) is 0 Å². The lowest BCUT2D eigenvalue weighted by Gasteiger charge is -2.11. The minimum absolute atomic E-state index is 0.188. The predicted octanol–water partition coefficient (Wildman–Crippen LogP) is 2.18. The van der Waals surface area contributed by atoms with Gasteiger partial charge < -0.3 is 0 Å². The fraction of sp³-hybridized carbons (Fsp3) is 0.100. The Bertz CT molecular complexity index is 434. The quantitative estimate of drug-likeness (QED) is 0.565. The van der Waals surface area contributed by atoms with Crippen molar-refractivity contribution in [3.8, 4) is 12.1 Å². The maximum absolute atomic E-state index is 8.51. The van der Waals surface area contributed by atoms with Gasteiger partial charge in [0.25, 0.3) is 0 Å². The average molecular weight is 219 g/mol. The number of nitriles is 2. The van der Waals surface area contributed by atoms with Crippen LogP contribution in [0.3, 0.4) is 0 Å². The second kappa shape index (κ2) is 4.99. The Labute approximate surface area is 92.6 Å². The second-order valence-corrected chi connectivity index (χ2v) is 3.11. The molecule has 0 aliphatic carbocycles. The molecule has 5 heteroatoms. The number of nitrogens with zero attached hydrogens (tertiary/aromatic N) is 4. The van der Waals surface area contributed by atoms with Crippen LogP contribution in [0.5, 0.6) is 0 Å². The number of anilines is 1. The molecule has 15 heavy (non-hydrogen) atoms. The molecule has 0 heterocycles. The molecule has 0 saturated carbocycles. The predicted molar refractivity (Wildman–Crippen MR) is 58.5 cm³/mol. The highest BCUT2D eigenvalue weighted by atomic mass is 35.5. The van der Waals surface area contributed by atoms with Crippen LogP contribution >= 0.6 is 11.6 Å². The summed E-state index contributed by atoms with van der Waals surface area (Å²) >= 11 is 5.72. The SMILES string of the molecule is CN(N=C(C#N)C#N)c1ccc(Cl)cc1. The summed E-state index contributed by atoms with van der Waals surface area (Å²) in [5.41, 5.74) is 0.565. The molecule has 0 unspecified atom stereocenters. The van der Waals surface area contributed by atoms with Crippen LogP contribution in [-0.4, -0.2) is 12.8 Å². The van der Waals surface area contributed by atoms with Crippen molar-refractivity contribution in [2.75, 3.05) is 12.1 Å². The summed E-state index contributed by atoms with van der Waals surface area (Å²) in [5, 5.41) is 22.9. The van der Waals surface area contributed by atoms with E-state index in [-0.39, 0.29) is 5.71 Å². The molecule has 0 N–H and O–H groups in total. The Morgan fingerprint density at radius 1 is 1.27 bits per heavy atom. The van der Waals surface area contributed by atoms with E-state index in [0.717, 1.165) is 5.69 Å². The third-order valence-electron chi connectivity index (χ3n) is 1.66. The van der Waals surface area contributed by atoms with E-state index >= 15 is 0 Å². The van der Waals surface area contributed by atoms with Gasteiger partial charge in [0.15, 0.2) is 0 Å². The molecule has 4 nitrogen and oxygen atoms in total. The number of rotatable bonds is 2. The van der Waals surface area contributed by atoms with Gasteiger partial charge in [0.1, 0.15) is 12.1 Å². The lowest BCUT2D eigenvalue weighted by molar-refractivity contribution is 1.02. The van der Waals surface area contributed by atoms with Crippen molar-refractivity contribution in [1.82, 2.24) is 0 Å². The number of hydrogen-bond acceptors (Lipinski definition) is 4. The largest absolute Gasteiger partial charge is 0.267 e. The smallest absolute Gasteiger partial charge is 0.237 e. The van der Waals surface area contributed by atoms with E-state index in [1.54, 1.807) is 43.5 Å². The van der Waals surface area contributed by atoms with E-state index in [0.29, 0.717) is 5.02 Å². The van der Waals surface area contributed by atoms with Gasteiger partial charge in [0, 0.05) is 12.1 Å². The zero-order valence-electron chi connectivity index (χ0n) is 7.98. The fourth-order valence-corrected chi connectivity index (χ4v) is 1.06. The maximum atomic E-state index is 8.51. The van der Waals surface area contributed by atoms with Gasteiger partial charge >= 0.3 is 0 Å². The van der Waals surface area contributed by atoms with Crippen LogP contribution in [0.15, 0.2) is 29.4 Å². The lowest BCUT2D eigenvalue weighted by atomic mass is 10.3. The number of benzene rings is 1. The normalized spacial score (nSPS) is 8.53. The van der Waals surface area contributed by atoms with Crippen LogP contribution in [-0.2, 0) is 0 Å². The van der Waals surface area contributed by atoms with Crippen molar-refractivity contribution in [2.24, 2.45) is 5.10 Å². The van der Waals surface area contributed by atoms with Crippen molar-refractivity contribution in [3.05, 3.63) is 29.3 Å². The zero-order chi connectivity index (χ0) is 11.3.